The van der Waals surface area contributed by atoms with Gasteiger partial charge < -0.3 is 9.84 Å². The SMILES string of the molecule is CC.CC(C[C@H](O)N(C)C)OC(C)OF.O=C1CCC2C1CCC1C3CCCCC3=CCC21. The van der Waals surface area contributed by atoms with Gasteiger partial charge in [0, 0.05) is 18.8 Å². The highest BCUT2D eigenvalue weighted by Crippen LogP contribution is 2.55. The van der Waals surface area contributed by atoms with Gasteiger partial charge in [0.25, 0.3) is 0 Å². The molecule has 3 saturated carbocycles. The number of fused-ring (bicyclic) bond motifs is 5. The molecular weight excluding hydrogens is 421 g/mol. The lowest BCUT2D eigenvalue weighted by Gasteiger charge is -2.48. The van der Waals surface area contributed by atoms with Gasteiger partial charge in [0.1, 0.15) is 12.0 Å². The van der Waals surface area contributed by atoms with E-state index in [-0.39, 0.29) is 6.10 Å². The Morgan fingerprint density at radius 2 is 1.73 bits per heavy atom. The number of halogens is 1. The van der Waals surface area contributed by atoms with Crippen LogP contribution in [0.5, 0.6) is 0 Å². The molecule has 33 heavy (non-hydrogen) atoms. The molecular formula is C27H48FNO4. The van der Waals surface area contributed by atoms with Gasteiger partial charge in [0.2, 0.25) is 0 Å². The first-order chi connectivity index (χ1) is 15.8. The zero-order chi connectivity index (χ0) is 24.5. The Morgan fingerprint density at radius 3 is 2.39 bits per heavy atom. The summed E-state index contributed by atoms with van der Waals surface area (Å²) >= 11 is 0. The van der Waals surface area contributed by atoms with Crippen molar-refractivity contribution in [2.24, 2.45) is 29.6 Å². The Morgan fingerprint density at radius 1 is 1.03 bits per heavy atom. The molecule has 5 nitrogen and oxygen atoms in total. The van der Waals surface area contributed by atoms with Gasteiger partial charge in [-0.25, -0.2) is 0 Å². The molecule has 0 heterocycles. The molecule has 0 radical (unpaired) electrons. The molecule has 0 spiro atoms. The zero-order valence-electron chi connectivity index (χ0n) is 21.8. The summed E-state index contributed by atoms with van der Waals surface area (Å²) in [6.07, 6.45) is 12.9. The van der Waals surface area contributed by atoms with Crippen molar-refractivity contribution in [3.63, 3.8) is 0 Å². The number of hydrogen-bond donors (Lipinski definition) is 1. The van der Waals surface area contributed by atoms with Crippen LogP contribution in [-0.2, 0) is 14.5 Å². The smallest absolute Gasteiger partial charge is 0.194 e. The molecule has 192 valence electrons. The average Bonchev–Trinajstić information content (AvgIpc) is 3.21. The number of nitrogens with zero attached hydrogens (tertiary/aromatic N) is 1. The highest BCUT2D eigenvalue weighted by molar-refractivity contribution is 5.83. The fraction of sp³-hybridized carbons (Fsp3) is 0.889. The van der Waals surface area contributed by atoms with Crippen LogP contribution in [0.1, 0.15) is 91.9 Å². The average molecular weight is 470 g/mol. The van der Waals surface area contributed by atoms with E-state index in [4.69, 9.17) is 4.74 Å². The molecule has 4 rings (SSSR count). The molecule has 0 aromatic rings. The Labute approximate surface area is 201 Å². The third-order valence-electron chi connectivity index (χ3n) is 8.13. The van der Waals surface area contributed by atoms with Crippen LogP contribution < -0.4 is 0 Å². The van der Waals surface area contributed by atoms with E-state index in [9.17, 15) is 14.4 Å². The standard InChI is InChI=1S/C17H24O.C8H18FNO3.C2H6/c18-17-10-9-15-14-6-5-11-3-1-2-4-12(11)13(14)7-8-16(15)17;1-6(12-7(2)13-9)5-8(11)10(3)4;1-2/h5,12-16H,1-4,6-10H2;6-8,11H,5H2,1-4H3;1-2H3/t;6?,7?,8-;/m.0./s1. The molecule has 0 aliphatic heterocycles. The number of rotatable bonds is 6. The van der Waals surface area contributed by atoms with E-state index in [0.717, 1.165) is 30.1 Å². The summed E-state index contributed by atoms with van der Waals surface area (Å²) in [6, 6.07) is 0. The van der Waals surface area contributed by atoms with Crippen LogP contribution in [0.25, 0.3) is 0 Å². The summed E-state index contributed by atoms with van der Waals surface area (Å²) in [5.74, 6) is 4.53. The monoisotopic (exact) mass is 469 g/mol. The second-order valence-corrected chi connectivity index (χ2v) is 10.3. The summed E-state index contributed by atoms with van der Waals surface area (Å²) < 4.78 is 16.6. The lowest BCUT2D eigenvalue weighted by atomic mass is 9.57. The number of allylic oxidation sites excluding steroid dienone is 2. The molecule has 0 amide bonds. The van der Waals surface area contributed by atoms with Crippen molar-refractivity contribution in [3.05, 3.63) is 11.6 Å². The number of aliphatic hydroxyl groups is 1. The summed E-state index contributed by atoms with van der Waals surface area (Å²) in [4.78, 5) is 17.0. The van der Waals surface area contributed by atoms with Gasteiger partial charge in [-0.15, -0.1) is 0 Å². The van der Waals surface area contributed by atoms with Crippen molar-refractivity contribution in [3.8, 4) is 0 Å². The van der Waals surface area contributed by atoms with Crippen molar-refractivity contribution in [1.82, 2.24) is 4.90 Å². The number of hydrogen-bond acceptors (Lipinski definition) is 5. The molecule has 6 heteroatoms. The molecule has 0 saturated heterocycles. The number of carbonyl (C=O) groups is 1. The summed E-state index contributed by atoms with van der Waals surface area (Å²) in [5, 5.41) is 9.39. The number of aliphatic hydroxyl groups excluding tert-OH is 1. The maximum Gasteiger partial charge on any atom is 0.194 e. The fourth-order valence-electron chi connectivity index (χ4n) is 6.58. The number of Topliss-reactive ketones (excluding diaryl/α,β-unsaturated/α-hetero) is 1. The van der Waals surface area contributed by atoms with E-state index in [1.54, 1.807) is 31.5 Å². The van der Waals surface area contributed by atoms with Crippen molar-refractivity contribution >= 4 is 5.78 Å². The summed E-state index contributed by atoms with van der Waals surface area (Å²) in [7, 11) is 3.51. The molecule has 8 atom stereocenters. The first kappa shape index (κ1) is 28.4. The van der Waals surface area contributed by atoms with E-state index in [0.29, 0.717) is 18.1 Å². The Bertz CT molecular complexity index is 625. The third-order valence-corrected chi connectivity index (χ3v) is 8.13. The predicted octanol–water partition coefficient (Wildman–Crippen LogP) is 6.06. The van der Waals surface area contributed by atoms with Gasteiger partial charge >= 0.3 is 0 Å². The normalized spacial score (nSPS) is 33.2. The van der Waals surface area contributed by atoms with Crippen molar-refractivity contribution in [1.29, 1.82) is 0 Å². The first-order valence-corrected chi connectivity index (χ1v) is 13.3. The van der Waals surface area contributed by atoms with Gasteiger partial charge in [-0.2, -0.15) is 4.94 Å². The van der Waals surface area contributed by atoms with Crippen molar-refractivity contribution in [2.75, 3.05) is 14.1 Å². The Hall–Kier alpha value is -0.820. The minimum absolute atomic E-state index is 0.247. The number of ketones is 1. The lowest BCUT2D eigenvalue weighted by Crippen LogP contribution is -2.40. The topological polar surface area (TPSA) is 59.0 Å². The molecule has 0 aromatic heterocycles. The number of carbonyl (C=O) groups excluding carboxylic acids is 1. The van der Waals surface area contributed by atoms with Crippen molar-refractivity contribution in [2.45, 2.75) is 111 Å². The highest BCUT2D eigenvalue weighted by Gasteiger charge is 2.48. The van der Waals surface area contributed by atoms with E-state index >= 15 is 0 Å². The highest BCUT2D eigenvalue weighted by atomic mass is 19.3. The predicted molar refractivity (Wildman–Crippen MR) is 130 cm³/mol. The van der Waals surface area contributed by atoms with Crippen LogP contribution in [0, 0.1) is 29.6 Å². The lowest BCUT2D eigenvalue weighted by molar-refractivity contribution is -0.280. The molecule has 4 aliphatic carbocycles. The van der Waals surface area contributed by atoms with Crippen molar-refractivity contribution < 1.29 is 24.1 Å². The van der Waals surface area contributed by atoms with Gasteiger partial charge in [0.05, 0.1) is 6.10 Å². The van der Waals surface area contributed by atoms with E-state index in [1.807, 2.05) is 13.8 Å². The fourth-order valence-corrected chi connectivity index (χ4v) is 6.58. The molecule has 0 aromatic carbocycles. The Kier molecular flexibility index (Phi) is 12.0. The van der Waals surface area contributed by atoms with Crippen LogP contribution >= 0.6 is 0 Å². The summed E-state index contributed by atoms with van der Waals surface area (Å²) in [5.41, 5.74) is 1.80. The van der Waals surface area contributed by atoms with E-state index in [1.165, 1.54) is 58.3 Å². The van der Waals surface area contributed by atoms with E-state index in [2.05, 4.69) is 11.0 Å². The molecule has 7 unspecified atom stereocenters. The largest absolute Gasteiger partial charge is 0.378 e. The summed E-state index contributed by atoms with van der Waals surface area (Å²) in [6.45, 7) is 7.21. The first-order valence-electron chi connectivity index (χ1n) is 13.3. The molecule has 3 fully saturated rings. The van der Waals surface area contributed by atoms with Crippen LogP contribution in [0.2, 0.25) is 0 Å². The van der Waals surface area contributed by atoms with Crippen LogP contribution in [0.4, 0.5) is 4.53 Å². The van der Waals surface area contributed by atoms with Crippen LogP contribution in [0.15, 0.2) is 11.6 Å². The minimum atomic E-state index is -0.885. The second kappa shape index (κ2) is 13.9. The van der Waals surface area contributed by atoms with Gasteiger partial charge in [-0.3, -0.25) is 9.69 Å². The van der Waals surface area contributed by atoms with Gasteiger partial charge in [-0.1, -0.05) is 31.9 Å². The molecule has 4 aliphatic rings. The maximum atomic E-state index is 12.0. The van der Waals surface area contributed by atoms with Crippen LogP contribution in [0.3, 0.4) is 0 Å². The Balaban J connectivity index is 0.000000230. The quantitative estimate of drug-likeness (QED) is 0.378. The van der Waals surface area contributed by atoms with E-state index < -0.39 is 12.5 Å². The second-order valence-electron chi connectivity index (χ2n) is 10.3. The zero-order valence-corrected chi connectivity index (χ0v) is 21.8. The van der Waals surface area contributed by atoms with Gasteiger partial charge in [0.15, 0.2) is 6.29 Å². The third kappa shape index (κ3) is 7.58. The number of ether oxygens (including phenoxy) is 1. The molecule has 0 bridgehead atoms. The van der Waals surface area contributed by atoms with Gasteiger partial charge in [-0.05, 0) is 101 Å². The minimum Gasteiger partial charge on any atom is -0.378 e. The van der Waals surface area contributed by atoms with Crippen LogP contribution in [-0.4, -0.2) is 48.5 Å². The maximum absolute atomic E-state index is 12.0. The molecule has 1 N–H and O–H groups in total.